The van der Waals surface area contributed by atoms with Crippen molar-refractivity contribution >= 4 is 13.3 Å². The molecule has 0 saturated carbocycles. The van der Waals surface area contributed by atoms with E-state index in [9.17, 15) is 8.78 Å². The van der Waals surface area contributed by atoms with Gasteiger partial charge in [-0.2, -0.15) is 0 Å². The lowest BCUT2D eigenvalue weighted by atomic mass is 9.94. The molecule has 0 aliphatic rings. The molecule has 0 bridgehead atoms. The Labute approximate surface area is 57.7 Å². The van der Waals surface area contributed by atoms with E-state index in [-0.39, 0.29) is 0 Å². The summed E-state index contributed by atoms with van der Waals surface area (Å²) >= 11 is 0. The highest BCUT2D eigenvalue weighted by Crippen LogP contribution is 2.11. The fourth-order valence-corrected chi connectivity index (χ4v) is 0.557. The van der Waals surface area contributed by atoms with E-state index in [4.69, 9.17) is 13.0 Å². The third kappa shape index (κ3) is 0.965. The van der Waals surface area contributed by atoms with E-state index in [1.807, 2.05) is 0 Å². The van der Waals surface area contributed by atoms with Crippen molar-refractivity contribution in [3.63, 3.8) is 0 Å². The molecule has 1 aromatic carbocycles. The number of aromatic hydroxyl groups is 1. The summed E-state index contributed by atoms with van der Waals surface area (Å²) in [5.74, 6) is -2.57. The molecule has 1 aromatic rings. The topological polar surface area (TPSA) is 20.2 Å². The van der Waals surface area contributed by atoms with Gasteiger partial charge in [0.25, 0.3) is 0 Å². The van der Waals surface area contributed by atoms with Gasteiger partial charge in [0.15, 0.2) is 5.82 Å². The normalized spacial score (nSPS) is 9.80. The van der Waals surface area contributed by atoms with Gasteiger partial charge in [0, 0.05) is 0 Å². The van der Waals surface area contributed by atoms with Gasteiger partial charge in [-0.15, -0.1) is 0 Å². The van der Waals surface area contributed by atoms with Gasteiger partial charge < -0.3 is 5.11 Å². The molecule has 1 N–H and O–H groups in total. The SMILES string of the molecule is [B]c1c(F)ccc(F)c1O. The maximum absolute atomic E-state index is 12.3. The van der Waals surface area contributed by atoms with Crippen LogP contribution in [0.15, 0.2) is 12.1 Å². The smallest absolute Gasteiger partial charge is 0.164 e. The Kier molecular flexibility index (Phi) is 1.61. The number of benzene rings is 1. The fraction of sp³-hybridized carbons (Fsp3) is 0. The highest BCUT2D eigenvalue weighted by atomic mass is 19.1. The molecule has 0 aliphatic heterocycles. The van der Waals surface area contributed by atoms with Crippen molar-refractivity contribution in [2.24, 2.45) is 0 Å². The van der Waals surface area contributed by atoms with Gasteiger partial charge >= 0.3 is 0 Å². The molecule has 0 heterocycles. The predicted molar refractivity (Wildman–Crippen MR) is 33.4 cm³/mol. The van der Waals surface area contributed by atoms with Crippen LogP contribution < -0.4 is 5.46 Å². The third-order valence-corrected chi connectivity index (χ3v) is 1.11. The lowest BCUT2D eigenvalue weighted by molar-refractivity contribution is 0.432. The molecule has 0 saturated heterocycles. The van der Waals surface area contributed by atoms with E-state index in [0.717, 1.165) is 12.1 Å². The molecule has 50 valence electrons. The first-order chi connectivity index (χ1) is 4.63. The van der Waals surface area contributed by atoms with Crippen molar-refractivity contribution in [3.05, 3.63) is 23.8 Å². The third-order valence-electron chi connectivity index (χ3n) is 1.11. The average Bonchev–Trinajstić information content (AvgIpc) is 1.93. The molecule has 0 fully saturated rings. The van der Waals surface area contributed by atoms with Crippen molar-refractivity contribution in [2.75, 3.05) is 0 Å². The Balaban J connectivity index is 3.34. The molecule has 0 aromatic heterocycles. The molecule has 0 aliphatic carbocycles. The summed E-state index contributed by atoms with van der Waals surface area (Å²) in [6.45, 7) is 0. The number of hydrogen-bond donors (Lipinski definition) is 1. The van der Waals surface area contributed by atoms with Crippen LogP contribution in [0.2, 0.25) is 0 Å². The van der Waals surface area contributed by atoms with Crippen molar-refractivity contribution in [1.29, 1.82) is 0 Å². The summed E-state index contributed by atoms with van der Waals surface area (Å²) in [7, 11) is 4.92. The number of halogens is 2. The number of phenols is 1. The summed E-state index contributed by atoms with van der Waals surface area (Å²) in [4.78, 5) is 0. The van der Waals surface area contributed by atoms with E-state index in [2.05, 4.69) is 0 Å². The Morgan fingerprint density at radius 3 is 2.20 bits per heavy atom. The van der Waals surface area contributed by atoms with Crippen LogP contribution in [0.1, 0.15) is 0 Å². The van der Waals surface area contributed by atoms with Crippen LogP contribution in [-0.4, -0.2) is 13.0 Å². The summed E-state index contributed by atoms with van der Waals surface area (Å²) in [5.41, 5.74) is -0.556. The maximum atomic E-state index is 12.3. The molecule has 0 unspecified atom stereocenters. The van der Waals surface area contributed by atoms with Crippen LogP contribution in [-0.2, 0) is 0 Å². The Morgan fingerprint density at radius 1 is 1.20 bits per heavy atom. The minimum Gasteiger partial charge on any atom is -0.505 e. The Hall–Kier alpha value is -1.06. The largest absolute Gasteiger partial charge is 0.505 e. The molecule has 10 heavy (non-hydrogen) atoms. The molecule has 0 spiro atoms. The summed E-state index contributed by atoms with van der Waals surface area (Å²) < 4.78 is 24.6. The molecule has 0 atom stereocenters. The van der Waals surface area contributed by atoms with E-state index in [0.29, 0.717) is 0 Å². The highest BCUT2D eigenvalue weighted by Gasteiger charge is 2.06. The zero-order valence-corrected chi connectivity index (χ0v) is 4.94. The van der Waals surface area contributed by atoms with Crippen molar-refractivity contribution in [1.82, 2.24) is 0 Å². The molecule has 1 rings (SSSR count). The first-order valence-corrected chi connectivity index (χ1v) is 2.55. The first kappa shape index (κ1) is 7.06. The van der Waals surface area contributed by atoms with Gasteiger partial charge in [-0.25, -0.2) is 8.78 Å². The van der Waals surface area contributed by atoms with Crippen LogP contribution >= 0.6 is 0 Å². The summed E-state index contributed by atoms with van der Waals surface area (Å²) in [6.07, 6.45) is 0. The first-order valence-electron chi connectivity index (χ1n) is 2.55. The number of rotatable bonds is 0. The van der Waals surface area contributed by atoms with E-state index in [1.54, 1.807) is 0 Å². The monoisotopic (exact) mass is 140 g/mol. The van der Waals surface area contributed by atoms with Gasteiger partial charge in [-0.1, -0.05) is 0 Å². The predicted octanol–water partition coefficient (Wildman–Crippen LogP) is 0.464. The van der Waals surface area contributed by atoms with Gasteiger partial charge in [0.05, 0.1) is 0 Å². The highest BCUT2D eigenvalue weighted by molar-refractivity contribution is 6.34. The van der Waals surface area contributed by atoms with Crippen LogP contribution in [0.3, 0.4) is 0 Å². The fourth-order valence-electron chi connectivity index (χ4n) is 0.557. The number of hydrogen-bond acceptors (Lipinski definition) is 1. The lowest BCUT2D eigenvalue weighted by Gasteiger charge is -1.99. The van der Waals surface area contributed by atoms with Crippen molar-refractivity contribution < 1.29 is 13.9 Å². The Bertz CT molecular complexity index is 235. The van der Waals surface area contributed by atoms with Crippen molar-refractivity contribution in [2.45, 2.75) is 0 Å². The average molecular weight is 140 g/mol. The van der Waals surface area contributed by atoms with E-state index in [1.165, 1.54) is 0 Å². The van der Waals surface area contributed by atoms with Crippen LogP contribution in [0.4, 0.5) is 8.78 Å². The quantitative estimate of drug-likeness (QED) is 0.519. The van der Waals surface area contributed by atoms with Crippen LogP contribution in [0.5, 0.6) is 5.75 Å². The second-order valence-corrected chi connectivity index (χ2v) is 1.79. The van der Waals surface area contributed by atoms with Crippen LogP contribution in [0.25, 0.3) is 0 Å². The number of phenolic OH excluding ortho intramolecular Hbond substituents is 1. The van der Waals surface area contributed by atoms with E-state index >= 15 is 0 Å². The van der Waals surface area contributed by atoms with Crippen LogP contribution in [0, 0.1) is 11.6 Å². The second-order valence-electron chi connectivity index (χ2n) is 1.79. The molecule has 1 nitrogen and oxygen atoms in total. The minimum atomic E-state index is -0.918. The molecule has 4 heteroatoms. The molecular weight excluding hydrogens is 137 g/mol. The van der Waals surface area contributed by atoms with Gasteiger partial charge in [-0.3, -0.25) is 0 Å². The summed E-state index contributed by atoms with van der Waals surface area (Å²) in [5, 5.41) is 8.65. The zero-order chi connectivity index (χ0) is 7.72. The van der Waals surface area contributed by atoms with E-state index < -0.39 is 22.8 Å². The summed E-state index contributed by atoms with van der Waals surface area (Å²) in [6, 6.07) is 1.66. The maximum Gasteiger partial charge on any atom is 0.164 e. The van der Waals surface area contributed by atoms with Gasteiger partial charge in [0.2, 0.25) is 0 Å². The minimum absolute atomic E-state index is 0.556. The standard InChI is InChI=1S/C6H3BF2O/c7-5-3(8)1-2-4(9)6(5)10/h1-2,10H. The Morgan fingerprint density at radius 2 is 1.70 bits per heavy atom. The van der Waals surface area contributed by atoms with Gasteiger partial charge in [0.1, 0.15) is 19.4 Å². The molecule has 2 radical (unpaired) electrons. The van der Waals surface area contributed by atoms with Gasteiger partial charge in [-0.05, 0) is 17.6 Å². The zero-order valence-electron chi connectivity index (χ0n) is 4.94. The molecule has 0 amide bonds. The lowest BCUT2D eigenvalue weighted by Crippen LogP contribution is -2.09. The molecular formula is C6H3BF2O. The van der Waals surface area contributed by atoms with Crippen molar-refractivity contribution in [3.8, 4) is 5.75 Å². The second kappa shape index (κ2) is 2.29.